The second-order valence-electron chi connectivity index (χ2n) is 8.80. The first-order chi connectivity index (χ1) is 17.1. The van der Waals surface area contributed by atoms with Crippen molar-refractivity contribution in [3.8, 4) is 5.75 Å². The van der Waals surface area contributed by atoms with Crippen LogP contribution in [0, 0.1) is 0 Å². The van der Waals surface area contributed by atoms with Crippen LogP contribution in [0.5, 0.6) is 5.75 Å². The number of carbonyl (C=O) groups excluding carboxylic acids is 2. The summed E-state index contributed by atoms with van der Waals surface area (Å²) >= 11 is 0. The number of nitrogens with one attached hydrogen (secondary N) is 1. The lowest BCUT2D eigenvalue weighted by Gasteiger charge is -2.32. The highest BCUT2D eigenvalue weighted by Gasteiger charge is 2.30. The van der Waals surface area contributed by atoms with Gasteiger partial charge >= 0.3 is 0 Å². The second kappa shape index (κ2) is 14.0. The predicted molar refractivity (Wildman–Crippen MR) is 140 cm³/mol. The number of para-hydroxylation sites is 1. The fraction of sp³-hybridized carbons (Fsp3) is 0.333. The van der Waals surface area contributed by atoms with Crippen molar-refractivity contribution >= 4 is 11.8 Å². The Morgan fingerprint density at radius 2 is 1.43 bits per heavy atom. The third-order valence-corrected chi connectivity index (χ3v) is 6.01. The zero-order valence-electron chi connectivity index (χ0n) is 20.7. The summed E-state index contributed by atoms with van der Waals surface area (Å²) in [4.78, 5) is 28.7. The molecule has 184 valence electrons. The summed E-state index contributed by atoms with van der Waals surface area (Å²) in [6, 6.07) is 28.7. The molecule has 0 unspecified atom stereocenters. The van der Waals surface area contributed by atoms with Crippen molar-refractivity contribution < 1.29 is 14.3 Å². The number of ether oxygens (including phenoxy) is 1. The topological polar surface area (TPSA) is 58.6 Å². The minimum atomic E-state index is -0.603. The SMILES string of the molecule is CC[C@@H](C)NC(=O)[C@H](Cc1ccccc1)N(Cc1ccccc1)C(=O)CCCOc1ccccc1. The lowest BCUT2D eigenvalue weighted by Crippen LogP contribution is -2.52. The molecule has 5 heteroatoms. The molecule has 0 aliphatic carbocycles. The summed E-state index contributed by atoms with van der Waals surface area (Å²) < 4.78 is 5.78. The van der Waals surface area contributed by atoms with Crippen LogP contribution in [0.1, 0.15) is 44.2 Å². The molecule has 0 heterocycles. The zero-order valence-corrected chi connectivity index (χ0v) is 20.7. The van der Waals surface area contributed by atoms with E-state index in [4.69, 9.17) is 4.74 Å². The van der Waals surface area contributed by atoms with Crippen LogP contribution < -0.4 is 10.1 Å². The predicted octanol–water partition coefficient (Wildman–Crippen LogP) is 5.40. The lowest BCUT2D eigenvalue weighted by atomic mass is 10.0. The van der Waals surface area contributed by atoms with Gasteiger partial charge in [-0.2, -0.15) is 0 Å². The maximum atomic E-state index is 13.5. The molecule has 3 rings (SSSR count). The Hall–Kier alpha value is -3.60. The summed E-state index contributed by atoms with van der Waals surface area (Å²) in [6.45, 7) is 4.85. The molecule has 0 bridgehead atoms. The Balaban J connectivity index is 1.78. The Morgan fingerprint density at radius 1 is 0.857 bits per heavy atom. The average Bonchev–Trinajstić information content (AvgIpc) is 2.90. The highest BCUT2D eigenvalue weighted by atomic mass is 16.5. The van der Waals surface area contributed by atoms with E-state index in [0.29, 0.717) is 32.4 Å². The minimum Gasteiger partial charge on any atom is -0.494 e. The van der Waals surface area contributed by atoms with E-state index in [0.717, 1.165) is 23.3 Å². The van der Waals surface area contributed by atoms with Crippen LogP contribution in [0.25, 0.3) is 0 Å². The van der Waals surface area contributed by atoms with Crippen molar-refractivity contribution in [1.82, 2.24) is 10.2 Å². The van der Waals surface area contributed by atoms with Gasteiger partial charge in [0, 0.05) is 25.4 Å². The summed E-state index contributed by atoms with van der Waals surface area (Å²) in [6.07, 6.45) is 2.17. The van der Waals surface area contributed by atoms with E-state index >= 15 is 0 Å². The van der Waals surface area contributed by atoms with Crippen LogP contribution in [0.15, 0.2) is 91.0 Å². The Labute approximate surface area is 209 Å². The van der Waals surface area contributed by atoms with Gasteiger partial charge < -0.3 is 15.0 Å². The first-order valence-electron chi connectivity index (χ1n) is 12.4. The van der Waals surface area contributed by atoms with Crippen LogP contribution >= 0.6 is 0 Å². The fourth-order valence-electron chi connectivity index (χ4n) is 3.85. The Kier molecular flexibility index (Phi) is 10.4. The van der Waals surface area contributed by atoms with Crippen molar-refractivity contribution in [1.29, 1.82) is 0 Å². The Morgan fingerprint density at radius 3 is 2.03 bits per heavy atom. The van der Waals surface area contributed by atoms with Crippen molar-refractivity contribution in [3.63, 3.8) is 0 Å². The van der Waals surface area contributed by atoms with Crippen molar-refractivity contribution in [2.24, 2.45) is 0 Å². The number of nitrogens with zero attached hydrogens (tertiary/aromatic N) is 1. The molecule has 0 aliphatic rings. The molecule has 3 aromatic rings. The van der Waals surface area contributed by atoms with Gasteiger partial charge in [-0.05, 0) is 43.0 Å². The average molecular weight is 473 g/mol. The largest absolute Gasteiger partial charge is 0.494 e. The number of hydrogen-bond acceptors (Lipinski definition) is 3. The molecule has 1 N–H and O–H groups in total. The Bertz CT molecular complexity index is 1030. The molecule has 0 fully saturated rings. The molecule has 0 radical (unpaired) electrons. The molecule has 3 aromatic carbocycles. The zero-order chi connectivity index (χ0) is 24.9. The van der Waals surface area contributed by atoms with Crippen LogP contribution in [-0.2, 0) is 22.6 Å². The van der Waals surface area contributed by atoms with Crippen LogP contribution in [0.4, 0.5) is 0 Å². The van der Waals surface area contributed by atoms with E-state index in [1.165, 1.54) is 0 Å². The van der Waals surface area contributed by atoms with Gasteiger partial charge in [-0.3, -0.25) is 9.59 Å². The summed E-state index contributed by atoms with van der Waals surface area (Å²) in [5.74, 6) is 0.620. The van der Waals surface area contributed by atoms with Crippen molar-refractivity contribution in [3.05, 3.63) is 102 Å². The van der Waals surface area contributed by atoms with Gasteiger partial charge in [-0.1, -0.05) is 85.8 Å². The highest BCUT2D eigenvalue weighted by molar-refractivity contribution is 5.88. The first kappa shape index (κ1) is 26.0. The smallest absolute Gasteiger partial charge is 0.243 e. The van der Waals surface area contributed by atoms with Gasteiger partial charge in [0.05, 0.1) is 6.61 Å². The fourth-order valence-corrected chi connectivity index (χ4v) is 3.85. The third kappa shape index (κ3) is 8.60. The van der Waals surface area contributed by atoms with E-state index in [-0.39, 0.29) is 17.9 Å². The molecule has 5 nitrogen and oxygen atoms in total. The normalized spacial score (nSPS) is 12.4. The summed E-state index contributed by atoms with van der Waals surface area (Å²) in [5.41, 5.74) is 2.02. The van der Waals surface area contributed by atoms with Gasteiger partial charge in [-0.15, -0.1) is 0 Å². The van der Waals surface area contributed by atoms with Crippen molar-refractivity contribution in [2.45, 2.75) is 58.2 Å². The molecule has 2 atom stereocenters. The van der Waals surface area contributed by atoms with E-state index in [1.807, 2.05) is 105 Å². The molecule has 0 saturated heterocycles. The number of amides is 2. The lowest BCUT2D eigenvalue weighted by molar-refractivity contribution is -0.141. The van der Waals surface area contributed by atoms with E-state index in [2.05, 4.69) is 5.32 Å². The molecule has 0 saturated carbocycles. The van der Waals surface area contributed by atoms with Crippen LogP contribution in [-0.4, -0.2) is 35.4 Å². The second-order valence-corrected chi connectivity index (χ2v) is 8.80. The molecule has 2 amide bonds. The van der Waals surface area contributed by atoms with E-state index < -0.39 is 6.04 Å². The standard InChI is InChI=1S/C30H36N2O3/c1-3-24(2)31-30(34)28(22-25-14-7-4-8-15-25)32(23-26-16-9-5-10-17-26)29(33)20-13-21-35-27-18-11-6-12-19-27/h4-12,14-19,24,28H,3,13,20-23H2,1-2H3,(H,31,34)/t24-,28+/m1/s1. The molecule has 35 heavy (non-hydrogen) atoms. The molecular formula is C30H36N2O3. The molecular weight excluding hydrogens is 436 g/mol. The van der Waals surface area contributed by atoms with E-state index in [9.17, 15) is 9.59 Å². The molecule has 0 aliphatic heterocycles. The number of benzene rings is 3. The van der Waals surface area contributed by atoms with Gasteiger partial charge in [0.1, 0.15) is 11.8 Å². The van der Waals surface area contributed by atoms with Gasteiger partial charge in [0.25, 0.3) is 0 Å². The molecule has 0 spiro atoms. The highest BCUT2D eigenvalue weighted by Crippen LogP contribution is 2.17. The quantitative estimate of drug-likeness (QED) is 0.339. The van der Waals surface area contributed by atoms with Gasteiger partial charge in [-0.25, -0.2) is 0 Å². The third-order valence-electron chi connectivity index (χ3n) is 6.01. The molecule has 0 aromatic heterocycles. The summed E-state index contributed by atoms with van der Waals surface area (Å²) in [5, 5.41) is 3.10. The number of rotatable bonds is 13. The van der Waals surface area contributed by atoms with Crippen LogP contribution in [0.3, 0.4) is 0 Å². The van der Waals surface area contributed by atoms with Gasteiger partial charge in [0.2, 0.25) is 11.8 Å². The maximum absolute atomic E-state index is 13.5. The van der Waals surface area contributed by atoms with Gasteiger partial charge in [0.15, 0.2) is 0 Å². The summed E-state index contributed by atoms with van der Waals surface area (Å²) in [7, 11) is 0. The number of carbonyl (C=O) groups is 2. The monoisotopic (exact) mass is 472 g/mol. The minimum absolute atomic E-state index is 0.0359. The number of hydrogen-bond donors (Lipinski definition) is 1. The van der Waals surface area contributed by atoms with E-state index in [1.54, 1.807) is 4.90 Å². The van der Waals surface area contributed by atoms with Crippen LogP contribution in [0.2, 0.25) is 0 Å². The maximum Gasteiger partial charge on any atom is 0.243 e. The first-order valence-corrected chi connectivity index (χ1v) is 12.4. The van der Waals surface area contributed by atoms with Crippen molar-refractivity contribution in [2.75, 3.05) is 6.61 Å².